The quantitative estimate of drug-likeness (QED) is 0.606. The van der Waals surface area contributed by atoms with Crippen molar-refractivity contribution >= 4 is 12.0 Å². The molecule has 2 aromatic carbocycles. The molecule has 0 aliphatic heterocycles. The highest BCUT2D eigenvalue weighted by molar-refractivity contribution is 5.94. The van der Waals surface area contributed by atoms with E-state index in [1.807, 2.05) is 74.5 Å². The molecule has 2 heteroatoms. The van der Waals surface area contributed by atoms with Gasteiger partial charge in [0.2, 0.25) is 0 Å². The molecule has 0 bridgehead atoms. The maximum Gasteiger partial charge on any atom is 0.334 e. The van der Waals surface area contributed by atoms with Crippen molar-refractivity contribution in [1.82, 2.24) is 0 Å². The van der Waals surface area contributed by atoms with E-state index in [9.17, 15) is 4.79 Å². The van der Waals surface area contributed by atoms with Crippen LogP contribution in [-0.2, 0) is 16.0 Å². The minimum absolute atomic E-state index is 0.248. The van der Waals surface area contributed by atoms with E-state index in [4.69, 9.17) is 4.74 Å². The molecule has 0 radical (unpaired) electrons. The number of esters is 1. The summed E-state index contributed by atoms with van der Waals surface area (Å²) in [5, 5.41) is 0. The number of hydrogen-bond donors (Lipinski definition) is 0. The lowest BCUT2D eigenvalue weighted by atomic mass is 10.0. The standard InChI is InChI=1S/C19H20O2/c1-3-21-19(20)18(13-16-7-5-4-6-8-16)14-17-11-9-15(2)10-12-17/h4-12,14H,3,13H2,1-2H3/b18-14+. The Kier molecular flexibility index (Phi) is 5.33. The van der Waals surface area contributed by atoms with E-state index in [0.717, 1.165) is 11.1 Å². The van der Waals surface area contributed by atoms with Crippen LogP contribution < -0.4 is 0 Å². The molecule has 0 fully saturated rings. The van der Waals surface area contributed by atoms with Crippen LogP contribution in [0.15, 0.2) is 60.2 Å². The van der Waals surface area contributed by atoms with E-state index in [0.29, 0.717) is 18.6 Å². The lowest BCUT2D eigenvalue weighted by molar-refractivity contribution is -0.138. The van der Waals surface area contributed by atoms with Crippen molar-refractivity contribution < 1.29 is 9.53 Å². The Bertz CT molecular complexity index is 610. The molecule has 0 amide bonds. The van der Waals surface area contributed by atoms with E-state index in [1.54, 1.807) is 0 Å². The van der Waals surface area contributed by atoms with Crippen molar-refractivity contribution in [3.05, 3.63) is 76.9 Å². The lowest BCUT2D eigenvalue weighted by Crippen LogP contribution is -2.09. The van der Waals surface area contributed by atoms with Crippen molar-refractivity contribution in [1.29, 1.82) is 0 Å². The third-order valence-electron chi connectivity index (χ3n) is 3.19. The molecule has 0 spiro atoms. The highest BCUT2D eigenvalue weighted by Gasteiger charge is 2.11. The van der Waals surface area contributed by atoms with Crippen molar-refractivity contribution in [2.45, 2.75) is 20.3 Å². The Hall–Kier alpha value is -2.35. The molecule has 0 aliphatic carbocycles. The third-order valence-corrected chi connectivity index (χ3v) is 3.19. The first-order valence-corrected chi connectivity index (χ1v) is 7.17. The van der Waals surface area contributed by atoms with Crippen LogP contribution in [0.1, 0.15) is 23.6 Å². The molecule has 0 unspecified atom stereocenters. The van der Waals surface area contributed by atoms with E-state index in [1.165, 1.54) is 5.56 Å². The highest BCUT2D eigenvalue weighted by atomic mass is 16.5. The summed E-state index contributed by atoms with van der Waals surface area (Å²) in [7, 11) is 0. The van der Waals surface area contributed by atoms with E-state index in [2.05, 4.69) is 0 Å². The van der Waals surface area contributed by atoms with Crippen LogP contribution in [0.5, 0.6) is 0 Å². The van der Waals surface area contributed by atoms with Gasteiger partial charge in [-0.1, -0.05) is 60.2 Å². The number of rotatable bonds is 5. The molecule has 0 aromatic heterocycles. The summed E-state index contributed by atoms with van der Waals surface area (Å²) < 4.78 is 5.16. The predicted molar refractivity (Wildman–Crippen MR) is 85.9 cm³/mol. The number of carbonyl (C=O) groups excluding carboxylic acids is 1. The van der Waals surface area contributed by atoms with Crippen LogP contribution in [0.3, 0.4) is 0 Å². The van der Waals surface area contributed by atoms with Crippen molar-refractivity contribution in [2.75, 3.05) is 6.61 Å². The molecular formula is C19H20O2. The fraction of sp³-hybridized carbons (Fsp3) is 0.211. The fourth-order valence-electron chi connectivity index (χ4n) is 2.09. The first kappa shape index (κ1) is 15.0. The van der Waals surface area contributed by atoms with Gasteiger partial charge < -0.3 is 4.74 Å². The second-order valence-electron chi connectivity index (χ2n) is 4.96. The molecule has 0 saturated carbocycles. The largest absolute Gasteiger partial charge is 0.463 e. The molecule has 0 N–H and O–H groups in total. The van der Waals surface area contributed by atoms with Crippen molar-refractivity contribution in [2.24, 2.45) is 0 Å². The zero-order valence-corrected chi connectivity index (χ0v) is 12.5. The van der Waals surface area contributed by atoms with Crippen LogP contribution in [0.4, 0.5) is 0 Å². The molecule has 108 valence electrons. The minimum atomic E-state index is -0.248. The molecule has 0 heterocycles. The van der Waals surface area contributed by atoms with Crippen molar-refractivity contribution in [3.63, 3.8) is 0 Å². The Balaban J connectivity index is 2.27. The lowest BCUT2D eigenvalue weighted by Gasteiger charge is -2.08. The summed E-state index contributed by atoms with van der Waals surface area (Å²) in [4.78, 5) is 12.1. The van der Waals surface area contributed by atoms with Crippen LogP contribution in [0.2, 0.25) is 0 Å². The zero-order chi connectivity index (χ0) is 15.1. The minimum Gasteiger partial charge on any atom is -0.463 e. The van der Waals surface area contributed by atoms with Gasteiger partial charge >= 0.3 is 5.97 Å². The Morgan fingerprint density at radius 1 is 1.05 bits per heavy atom. The smallest absolute Gasteiger partial charge is 0.334 e. The van der Waals surface area contributed by atoms with Gasteiger partial charge in [0.05, 0.1) is 6.61 Å². The topological polar surface area (TPSA) is 26.3 Å². The first-order chi connectivity index (χ1) is 10.2. The van der Waals surface area contributed by atoms with Gasteiger partial charge in [0.1, 0.15) is 0 Å². The predicted octanol–water partition coefficient (Wildman–Crippen LogP) is 4.18. The number of carbonyl (C=O) groups is 1. The number of hydrogen-bond acceptors (Lipinski definition) is 2. The third kappa shape index (κ3) is 4.60. The van der Waals surface area contributed by atoms with E-state index < -0.39 is 0 Å². The molecule has 2 nitrogen and oxygen atoms in total. The Labute approximate surface area is 126 Å². The highest BCUT2D eigenvalue weighted by Crippen LogP contribution is 2.15. The summed E-state index contributed by atoms with van der Waals surface area (Å²) >= 11 is 0. The monoisotopic (exact) mass is 280 g/mol. The van der Waals surface area contributed by atoms with Crippen LogP contribution in [0.25, 0.3) is 6.08 Å². The molecular weight excluding hydrogens is 260 g/mol. The Morgan fingerprint density at radius 2 is 1.71 bits per heavy atom. The normalized spacial score (nSPS) is 11.2. The van der Waals surface area contributed by atoms with Gasteiger partial charge in [-0.25, -0.2) is 4.79 Å². The van der Waals surface area contributed by atoms with Gasteiger partial charge in [0.15, 0.2) is 0 Å². The average Bonchev–Trinajstić information content (AvgIpc) is 2.50. The van der Waals surface area contributed by atoms with Crippen LogP contribution in [-0.4, -0.2) is 12.6 Å². The molecule has 2 aromatic rings. The second-order valence-corrected chi connectivity index (χ2v) is 4.96. The van der Waals surface area contributed by atoms with Crippen LogP contribution >= 0.6 is 0 Å². The summed E-state index contributed by atoms with van der Waals surface area (Å²) in [6.45, 7) is 4.26. The first-order valence-electron chi connectivity index (χ1n) is 7.17. The average molecular weight is 280 g/mol. The number of ether oxygens (including phenoxy) is 1. The van der Waals surface area contributed by atoms with Gasteiger partial charge in [-0.15, -0.1) is 0 Å². The van der Waals surface area contributed by atoms with Gasteiger partial charge in [0.25, 0.3) is 0 Å². The second kappa shape index (κ2) is 7.44. The van der Waals surface area contributed by atoms with Gasteiger partial charge in [-0.05, 0) is 31.1 Å². The fourth-order valence-corrected chi connectivity index (χ4v) is 2.09. The SMILES string of the molecule is CCOC(=O)/C(=C/c1ccc(C)cc1)Cc1ccccc1. The molecule has 0 atom stereocenters. The summed E-state index contributed by atoms with van der Waals surface area (Å²) in [5.41, 5.74) is 3.99. The number of aryl methyl sites for hydroxylation is 1. The molecule has 0 aliphatic rings. The van der Waals surface area contributed by atoms with E-state index >= 15 is 0 Å². The van der Waals surface area contributed by atoms with E-state index in [-0.39, 0.29) is 5.97 Å². The van der Waals surface area contributed by atoms with Crippen molar-refractivity contribution in [3.8, 4) is 0 Å². The Morgan fingerprint density at radius 3 is 2.33 bits per heavy atom. The summed E-state index contributed by atoms with van der Waals surface area (Å²) in [5.74, 6) is -0.248. The zero-order valence-electron chi connectivity index (χ0n) is 12.5. The summed E-state index contributed by atoms with van der Waals surface area (Å²) in [6.07, 6.45) is 2.48. The van der Waals surface area contributed by atoms with Crippen LogP contribution in [0, 0.1) is 6.92 Å². The van der Waals surface area contributed by atoms with Gasteiger partial charge in [-0.3, -0.25) is 0 Å². The summed E-state index contributed by atoms with van der Waals surface area (Å²) in [6, 6.07) is 18.1. The maximum atomic E-state index is 12.1. The number of benzene rings is 2. The molecule has 21 heavy (non-hydrogen) atoms. The van der Waals surface area contributed by atoms with Gasteiger partial charge in [-0.2, -0.15) is 0 Å². The molecule has 2 rings (SSSR count). The van der Waals surface area contributed by atoms with Gasteiger partial charge in [0, 0.05) is 12.0 Å². The molecule has 0 saturated heterocycles. The maximum absolute atomic E-state index is 12.1.